The molecule has 4 nitrogen and oxygen atoms in total. The molecule has 0 aliphatic heterocycles. The van der Waals surface area contributed by atoms with Crippen LogP contribution in [0, 0.1) is 6.92 Å². The largest absolute Gasteiger partial charge is 0.392 e. The van der Waals surface area contributed by atoms with Crippen LogP contribution >= 0.6 is 0 Å². The van der Waals surface area contributed by atoms with Crippen LogP contribution in [0.3, 0.4) is 0 Å². The lowest BCUT2D eigenvalue weighted by atomic mass is 9.92. The molecule has 2 rings (SSSR count). The van der Waals surface area contributed by atoms with E-state index in [-0.39, 0.29) is 12.1 Å². The molecule has 16 heavy (non-hydrogen) atoms. The summed E-state index contributed by atoms with van der Waals surface area (Å²) in [6.45, 7) is 2.67. The van der Waals surface area contributed by atoms with Gasteiger partial charge in [0.1, 0.15) is 6.33 Å². The van der Waals surface area contributed by atoms with E-state index in [0.29, 0.717) is 6.54 Å². The Hall–Kier alpha value is -1.00. The summed E-state index contributed by atoms with van der Waals surface area (Å²) in [5.74, 6) is 0. The molecule has 0 aromatic carbocycles. The van der Waals surface area contributed by atoms with E-state index in [0.717, 1.165) is 30.7 Å². The Balaban J connectivity index is 1.86. The van der Waals surface area contributed by atoms with Crippen molar-refractivity contribution in [3.05, 3.63) is 23.8 Å². The maximum Gasteiger partial charge on any atom is 0.115 e. The van der Waals surface area contributed by atoms with Crippen LogP contribution in [0.15, 0.2) is 12.4 Å². The Morgan fingerprint density at radius 1 is 1.38 bits per heavy atom. The Bertz CT molecular complexity index is 343. The molecule has 1 fully saturated rings. The molecule has 2 atom stereocenters. The molecule has 0 spiro atoms. The van der Waals surface area contributed by atoms with Crippen molar-refractivity contribution in [2.45, 2.75) is 51.3 Å². The topological polar surface area (TPSA) is 58.0 Å². The summed E-state index contributed by atoms with van der Waals surface area (Å²) >= 11 is 0. The number of aromatic nitrogens is 2. The molecule has 1 saturated carbocycles. The molecule has 1 heterocycles. The molecule has 2 N–H and O–H groups in total. The van der Waals surface area contributed by atoms with Crippen molar-refractivity contribution in [2.75, 3.05) is 0 Å². The van der Waals surface area contributed by atoms with E-state index >= 15 is 0 Å². The van der Waals surface area contributed by atoms with Crippen molar-refractivity contribution >= 4 is 0 Å². The molecule has 0 amide bonds. The Labute approximate surface area is 96.1 Å². The Kier molecular flexibility index (Phi) is 3.85. The van der Waals surface area contributed by atoms with E-state index in [9.17, 15) is 5.11 Å². The molecule has 1 aliphatic carbocycles. The fourth-order valence-corrected chi connectivity index (χ4v) is 2.19. The summed E-state index contributed by atoms with van der Waals surface area (Å²) in [5.41, 5.74) is 1.97. The van der Waals surface area contributed by atoms with Gasteiger partial charge in [-0.15, -0.1) is 0 Å². The maximum atomic E-state index is 9.81. The SMILES string of the molecule is Cc1cc(CN[C@H]2CCCC[C@@H]2O)ncn1. The zero-order chi connectivity index (χ0) is 11.4. The number of rotatable bonds is 3. The first-order valence-electron chi connectivity index (χ1n) is 5.94. The second-order valence-electron chi connectivity index (χ2n) is 4.49. The van der Waals surface area contributed by atoms with Crippen molar-refractivity contribution in [2.24, 2.45) is 0 Å². The van der Waals surface area contributed by atoms with E-state index < -0.39 is 0 Å². The average Bonchev–Trinajstić information content (AvgIpc) is 2.28. The molecular weight excluding hydrogens is 202 g/mol. The summed E-state index contributed by atoms with van der Waals surface area (Å²) < 4.78 is 0. The minimum absolute atomic E-state index is 0.198. The quantitative estimate of drug-likeness (QED) is 0.804. The van der Waals surface area contributed by atoms with Crippen molar-refractivity contribution in [1.29, 1.82) is 0 Å². The van der Waals surface area contributed by atoms with Crippen molar-refractivity contribution in [3.63, 3.8) is 0 Å². The standard InChI is InChI=1S/C12H19N3O/c1-9-6-10(15-8-14-9)7-13-11-4-2-3-5-12(11)16/h6,8,11-13,16H,2-5,7H2,1H3/t11-,12-/m0/s1. The minimum Gasteiger partial charge on any atom is -0.392 e. The highest BCUT2D eigenvalue weighted by Crippen LogP contribution is 2.18. The monoisotopic (exact) mass is 221 g/mol. The Morgan fingerprint density at radius 3 is 2.94 bits per heavy atom. The van der Waals surface area contributed by atoms with Gasteiger partial charge < -0.3 is 10.4 Å². The first-order valence-corrected chi connectivity index (χ1v) is 5.94. The molecule has 4 heteroatoms. The predicted octanol–water partition coefficient (Wildman–Crippen LogP) is 1.18. The van der Waals surface area contributed by atoms with E-state index in [1.54, 1.807) is 6.33 Å². The molecule has 0 unspecified atom stereocenters. The van der Waals surface area contributed by atoms with Gasteiger partial charge in [-0.25, -0.2) is 9.97 Å². The van der Waals surface area contributed by atoms with Gasteiger partial charge in [-0.1, -0.05) is 12.8 Å². The number of hydrogen-bond acceptors (Lipinski definition) is 4. The maximum absolute atomic E-state index is 9.81. The fourth-order valence-electron chi connectivity index (χ4n) is 2.19. The van der Waals surface area contributed by atoms with Gasteiger partial charge in [-0.05, 0) is 25.8 Å². The fraction of sp³-hybridized carbons (Fsp3) is 0.667. The van der Waals surface area contributed by atoms with Gasteiger partial charge >= 0.3 is 0 Å². The highest BCUT2D eigenvalue weighted by molar-refractivity contribution is 5.06. The third-order valence-corrected chi connectivity index (χ3v) is 3.14. The van der Waals surface area contributed by atoms with Gasteiger partial charge in [0.05, 0.1) is 11.8 Å². The highest BCUT2D eigenvalue weighted by atomic mass is 16.3. The first kappa shape index (κ1) is 11.5. The van der Waals surface area contributed by atoms with Crippen LogP contribution in [-0.2, 0) is 6.54 Å². The van der Waals surface area contributed by atoms with Crippen molar-refractivity contribution in [3.8, 4) is 0 Å². The highest BCUT2D eigenvalue weighted by Gasteiger charge is 2.22. The predicted molar refractivity (Wildman–Crippen MR) is 61.9 cm³/mol. The van der Waals surface area contributed by atoms with Gasteiger partial charge in [0.15, 0.2) is 0 Å². The van der Waals surface area contributed by atoms with Crippen LogP contribution in [0.1, 0.15) is 37.1 Å². The summed E-state index contributed by atoms with van der Waals surface area (Å²) in [6, 6.07) is 2.20. The van der Waals surface area contributed by atoms with E-state index in [4.69, 9.17) is 0 Å². The number of aryl methyl sites for hydroxylation is 1. The average molecular weight is 221 g/mol. The zero-order valence-corrected chi connectivity index (χ0v) is 9.69. The van der Waals surface area contributed by atoms with Gasteiger partial charge in [0.25, 0.3) is 0 Å². The molecule has 88 valence electrons. The number of nitrogens with one attached hydrogen (secondary N) is 1. The molecule has 0 saturated heterocycles. The summed E-state index contributed by atoms with van der Waals surface area (Å²) in [6.07, 6.45) is 5.72. The number of hydrogen-bond donors (Lipinski definition) is 2. The number of aliphatic hydroxyl groups excluding tert-OH is 1. The molecule has 0 radical (unpaired) electrons. The van der Waals surface area contributed by atoms with Crippen LogP contribution in [-0.4, -0.2) is 27.2 Å². The Morgan fingerprint density at radius 2 is 2.19 bits per heavy atom. The summed E-state index contributed by atoms with van der Waals surface area (Å²) in [7, 11) is 0. The van der Waals surface area contributed by atoms with Gasteiger partial charge in [-0.3, -0.25) is 0 Å². The third kappa shape index (κ3) is 3.00. The zero-order valence-electron chi connectivity index (χ0n) is 9.69. The first-order chi connectivity index (χ1) is 7.75. The van der Waals surface area contributed by atoms with E-state index in [1.807, 2.05) is 13.0 Å². The second kappa shape index (κ2) is 5.37. The minimum atomic E-state index is -0.198. The molecule has 1 aromatic heterocycles. The van der Waals surface area contributed by atoms with Crippen LogP contribution in [0.2, 0.25) is 0 Å². The lowest BCUT2D eigenvalue weighted by Gasteiger charge is -2.28. The molecular formula is C12H19N3O. The van der Waals surface area contributed by atoms with Gasteiger partial charge in [-0.2, -0.15) is 0 Å². The van der Waals surface area contributed by atoms with E-state index in [2.05, 4.69) is 15.3 Å². The van der Waals surface area contributed by atoms with Crippen LogP contribution in [0.5, 0.6) is 0 Å². The van der Waals surface area contributed by atoms with Crippen molar-refractivity contribution in [1.82, 2.24) is 15.3 Å². The molecule has 1 aliphatic rings. The van der Waals surface area contributed by atoms with E-state index in [1.165, 1.54) is 6.42 Å². The van der Waals surface area contributed by atoms with Crippen LogP contribution in [0.25, 0.3) is 0 Å². The lowest BCUT2D eigenvalue weighted by Crippen LogP contribution is -2.41. The second-order valence-corrected chi connectivity index (χ2v) is 4.49. The van der Waals surface area contributed by atoms with Gasteiger partial charge in [0.2, 0.25) is 0 Å². The van der Waals surface area contributed by atoms with Crippen molar-refractivity contribution < 1.29 is 5.11 Å². The molecule has 0 bridgehead atoms. The van der Waals surface area contributed by atoms with Crippen LogP contribution < -0.4 is 5.32 Å². The third-order valence-electron chi connectivity index (χ3n) is 3.14. The normalized spacial score (nSPS) is 25.6. The molecule has 1 aromatic rings. The lowest BCUT2D eigenvalue weighted by molar-refractivity contribution is 0.0901. The number of nitrogens with zero attached hydrogens (tertiary/aromatic N) is 2. The number of aliphatic hydroxyl groups is 1. The summed E-state index contributed by atoms with van der Waals surface area (Å²) in [5, 5.41) is 13.2. The van der Waals surface area contributed by atoms with Crippen LogP contribution in [0.4, 0.5) is 0 Å². The smallest absolute Gasteiger partial charge is 0.115 e. The summed E-state index contributed by atoms with van der Waals surface area (Å²) in [4.78, 5) is 8.26. The van der Waals surface area contributed by atoms with Gasteiger partial charge in [0, 0.05) is 18.3 Å².